The average Bonchev–Trinajstić information content (AvgIpc) is 2.58. The predicted octanol–water partition coefficient (Wildman–Crippen LogP) is 1.33. The number of rotatable bonds is 2. The molecule has 0 saturated carbocycles. The van der Waals surface area contributed by atoms with E-state index in [1.807, 2.05) is 17.9 Å². The molecule has 2 aromatic rings. The first kappa shape index (κ1) is 14.3. The molecule has 3 rings (SSSR count). The van der Waals surface area contributed by atoms with Crippen molar-refractivity contribution in [3.05, 3.63) is 47.9 Å². The molecule has 3 heterocycles. The van der Waals surface area contributed by atoms with Crippen LogP contribution in [0.5, 0.6) is 0 Å². The second-order valence-electron chi connectivity index (χ2n) is 5.38. The molecule has 114 valence electrons. The molecule has 22 heavy (non-hydrogen) atoms. The summed E-state index contributed by atoms with van der Waals surface area (Å²) < 4.78 is 0. The first-order valence-corrected chi connectivity index (χ1v) is 7.32. The van der Waals surface area contributed by atoms with Crippen LogP contribution in [0.2, 0.25) is 0 Å². The van der Waals surface area contributed by atoms with Crippen LogP contribution in [0.4, 0.5) is 11.5 Å². The Morgan fingerprint density at radius 1 is 1.09 bits per heavy atom. The lowest BCUT2D eigenvalue weighted by Gasteiger charge is -2.36. The summed E-state index contributed by atoms with van der Waals surface area (Å²) in [7, 11) is 0. The minimum atomic E-state index is 0.0484. The third-order valence-corrected chi connectivity index (χ3v) is 3.98. The van der Waals surface area contributed by atoms with Crippen LogP contribution in [0.3, 0.4) is 0 Å². The van der Waals surface area contributed by atoms with Gasteiger partial charge in [-0.2, -0.15) is 0 Å². The van der Waals surface area contributed by atoms with Crippen molar-refractivity contribution in [2.75, 3.05) is 36.8 Å². The Morgan fingerprint density at radius 2 is 1.77 bits per heavy atom. The van der Waals surface area contributed by atoms with Crippen molar-refractivity contribution < 1.29 is 4.79 Å². The van der Waals surface area contributed by atoms with Gasteiger partial charge >= 0.3 is 0 Å². The van der Waals surface area contributed by atoms with Gasteiger partial charge in [-0.1, -0.05) is 0 Å². The van der Waals surface area contributed by atoms with E-state index in [4.69, 9.17) is 5.73 Å². The van der Waals surface area contributed by atoms with Crippen LogP contribution in [0.15, 0.2) is 36.8 Å². The van der Waals surface area contributed by atoms with Gasteiger partial charge in [0.15, 0.2) is 5.82 Å². The summed E-state index contributed by atoms with van der Waals surface area (Å²) in [4.78, 5) is 24.7. The lowest BCUT2D eigenvalue weighted by molar-refractivity contribution is 0.0746. The predicted molar refractivity (Wildman–Crippen MR) is 85.7 cm³/mol. The number of anilines is 2. The van der Waals surface area contributed by atoms with E-state index in [1.165, 1.54) is 0 Å². The quantitative estimate of drug-likeness (QED) is 0.905. The number of aromatic nitrogens is 2. The van der Waals surface area contributed by atoms with Crippen LogP contribution in [-0.2, 0) is 0 Å². The van der Waals surface area contributed by atoms with E-state index in [-0.39, 0.29) is 5.91 Å². The summed E-state index contributed by atoms with van der Waals surface area (Å²) in [6.45, 7) is 4.77. The highest BCUT2D eigenvalue weighted by atomic mass is 16.2. The molecule has 6 nitrogen and oxygen atoms in total. The molecule has 0 aliphatic carbocycles. The summed E-state index contributed by atoms with van der Waals surface area (Å²) in [5, 5.41) is 0. The lowest BCUT2D eigenvalue weighted by atomic mass is 10.2. The van der Waals surface area contributed by atoms with Gasteiger partial charge in [0, 0.05) is 50.3 Å². The Hall–Kier alpha value is -2.63. The molecule has 0 bridgehead atoms. The van der Waals surface area contributed by atoms with E-state index < -0.39 is 0 Å². The van der Waals surface area contributed by atoms with E-state index in [9.17, 15) is 4.79 Å². The minimum absolute atomic E-state index is 0.0484. The third-order valence-electron chi connectivity index (χ3n) is 3.98. The number of hydrogen-bond donors (Lipinski definition) is 1. The number of nitrogens with zero attached hydrogens (tertiary/aromatic N) is 4. The van der Waals surface area contributed by atoms with Gasteiger partial charge < -0.3 is 15.5 Å². The van der Waals surface area contributed by atoms with Gasteiger partial charge in [0.05, 0.1) is 5.69 Å². The van der Waals surface area contributed by atoms with Gasteiger partial charge in [0.2, 0.25) is 0 Å². The molecule has 0 unspecified atom stereocenters. The molecule has 2 aromatic heterocycles. The Bertz CT molecular complexity index is 665. The van der Waals surface area contributed by atoms with E-state index in [0.29, 0.717) is 18.7 Å². The van der Waals surface area contributed by atoms with Crippen molar-refractivity contribution in [1.82, 2.24) is 14.9 Å². The van der Waals surface area contributed by atoms with Crippen LogP contribution in [-0.4, -0.2) is 47.0 Å². The summed E-state index contributed by atoms with van der Waals surface area (Å²) in [5.74, 6) is 0.864. The Morgan fingerprint density at radius 3 is 2.45 bits per heavy atom. The molecule has 0 atom stereocenters. The van der Waals surface area contributed by atoms with Gasteiger partial charge in [0.1, 0.15) is 0 Å². The fraction of sp³-hybridized carbons (Fsp3) is 0.312. The molecule has 0 spiro atoms. The zero-order valence-electron chi connectivity index (χ0n) is 12.6. The molecular formula is C16H19N5O. The molecule has 2 N–H and O–H groups in total. The zero-order chi connectivity index (χ0) is 15.5. The van der Waals surface area contributed by atoms with E-state index in [0.717, 1.165) is 30.2 Å². The smallest absolute Gasteiger partial charge is 0.254 e. The van der Waals surface area contributed by atoms with E-state index >= 15 is 0 Å². The molecule has 1 fully saturated rings. The second-order valence-corrected chi connectivity index (χ2v) is 5.38. The van der Waals surface area contributed by atoms with Crippen molar-refractivity contribution >= 4 is 17.4 Å². The topological polar surface area (TPSA) is 75.4 Å². The monoisotopic (exact) mass is 297 g/mol. The minimum Gasteiger partial charge on any atom is -0.396 e. The largest absolute Gasteiger partial charge is 0.396 e. The molecule has 0 aromatic carbocycles. The first-order valence-electron chi connectivity index (χ1n) is 7.32. The number of carbonyl (C=O) groups excluding carboxylic acids is 1. The van der Waals surface area contributed by atoms with Gasteiger partial charge in [-0.15, -0.1) is 0 Å². The van der Waals surface area contributed by atoms with Gasteiger partial charge in [-0.25, -0.2) is 4.98 Å². The van der Waals surface area contributed by atoms with E-state index in [1.54, 1.807) is 30.7 Å². The fourth-order valence-corrected chi connectivity index (χ4v) is 2.61. The maximum Gasteiger partial charge on any atom is 0.254 e. The van der Waals surface area contributed by atoms with Crippen molar-refractivity contribution in [2.24, 2.45) is 0 Å². The lowest BCUT2D eigenvalue weighted by Crippen LogP contribution is -2.49. The average molecular weight is 297 g/mol. The number of piperazine rings is 1. The summed E-state index contributed by atoms with van der Waals surface area (Å²) in [5.41, 5.74) is 8.53. The van der Waals surface area contributed by atoms with Crippen molar-refractivity contribution in [1.29, 1.82) is 0 Å². The Labute approximate surface area is 129 Å². The van der Waals surface area contributed by atoms with Crippen LogP contribution < -0.4 is 10.6 Å². The third kappa shape index (κ3) is 2.72. The number of amides is 1. The van der Waals surface area contributed by atoms with Crippen LogP contribution >= 0.6 is 0 Å². The molecule has 1 saturated heterocycles. The van der Waals surface area contributed by atoms with Crippen molar-refractivity contribution in [3.63, 3.8) is 0 Å². The first-order chi connectivity index (χ1) is 10.7. The Kier molecular flexibility index (Phi) is 3.91. The molecular weight excluding hydrogens is 278 g/mol. The molecule has 6 heteroatoms. The maximum absolute atomic E-state index is 12.4. The summed E-state index contributed by atoms with van der Waals surface area (Å²) in [6, 6.07) is 5.39. The molecule has 1 amide bonds. The normalized spacial score (nSPS) is 15.0. The number of hydrogen-bond acceptors (Lipinski definition) is 5. The maximum atomic E-state index is 12.4. The number of nitrogens with two attached hydrogens (primary N) is 1. The van der Waals surface area contributed by atoms with E-state index in [2.05, 4.69) is 14.9 Å². The van der Waals surface area contributed by atoms with Crippen molar-refractivity contribution in [2.45, 2.75) is 6.92 Å². The van der Waals surface area contributed by atoms with Crippen LogP contribution in [0.25, 0.3) is 0 Å². The number of aryl methyl sites for hydroxylation is 1. The fourth-order valence-electron chi connectivity index (χ4n) is 2.61. The van der Waals surface area contributed by atoms with Crippen LogP contribution in [0, 0.1) is 6.92 Å². The van der Waals surface area contributed by atoms with Gasteiger partial charge in [-0.3, -0.25) is 9.78 Å². The Balaban J connectivity index is 1.68. The highest BCUT2D eigenvalue weighted by Crippen LogP contribution is 2.24. The second kappa shape index (κ2) is 6.01. The van der Waals surface area contributed by atoms with Gasteiger partial charge in [-0.05, 0) is 30.7 Å². The molecule has 0 radical (unpaired) electrons. The number of pyridine rings is 2. The van der Waals surface area contributed by atoms with Crippen LogP contribution in [0.1, 0.15) is 15.9 Å². The van der Waals surface area contributed by atoms with Gasteiger partial charge in [0.25, 0.3) is 5.91 Å². The number of nitrogen functional groups attached to an aromatic ring is 1. The number of carbonyl (C=O) groups is 1. The standard InChI is InChI=1S/C16H19N5O/c1-12-2-7-19-15(14(12)17)20-8-10-21(11-9-20)16(22)13-3-5-18-6-4-13/h2-7H,8-11,17H2,1H3. The summed E-state index contributed by atoms with van der Waals surface area (Å²) in [6.07, 6.45) is 5.05. The molecule has 1 aliphatic rings. The SMILES string of the molecule is Cc1ccnc(N2CCN(C(=O)c3ccncc3)CC2)c1N. The van der Waals surface area contributed by atoms with Crippen molar-refractivity contribution in [3.8, 4) is 0 Å². The molecule has 1 aliphatic heterocycles. The summed E-state index contributed by atoms with van der Waals surface area (Å²) >= 11 is 0. The zero-order valence-corrected chi connectivity index (χ0v) is 12.6. The highest BCUT2D eigenvalue weighted by Gasteiger charge is 2.23. The highest BCUT2D eigenvalue weighted by molar-refractivity contribution is 5.94.